The Hall–Kier alpha value is -10.4. The van der Waals surface area contributed by atoms with Crippen molar-refractivity contribution in [3.8, 4) is 0 Å². The minimum atomic E-state index is -0.635. The molecule has 9 aliphatic heterocycles. The molecule has 42 heteroatoms. The number of aromatic nitrogens is 7. The maximum atomic E-state index is 12.2. The largest absolute Gasteiger partial charge is 0.394 e. The molecule has 39 nitrogen and oxygen atoms in total. The van der Waals surface area contributed by atoms with Crippen molar-refractivity contribution in [2.45, 2.75) is 39.3 Å². The van der Waals surface area contributed by atoms with Gasteiger partial charge in [-0.15, -0.1) is 0 Å². The Balaban J connectivity index is 0.000000141. The van der Waals surface area contributed by atoms with Gasteiger partial charge in [-0.25, -0.2) is 29.9 Å². The van der Waals surface area contributed by atoms with Gasteiger partial charge in [-0.2, -0.15) is 0 Å². The third-order valence-electron chi connectivity index (χ3n) is 29.2. The van der Waals surface area contributed by atoms with Crippen molar-refractivity contribution in [2.24, 2.45) is 5.73 Å². The number of nitrogens with one attached hydrogen (secondary N) is 3. The lowest BCUT2D eigenvalue weighted by Gasteiger charge is -2.34. The molecular weight excluding hydrogens is 1930 g/mol. The number of hydrogen-bond acceptors (Lipinski definition) is 35. The number of likely N-dealkylation sites (tertiary alicyclic amines) is 1. The van der Waals surface area contributed by atoms with Gasteiger partial charge in [0.15, 0.2) is 11.6 Å². The van der Waals surface area contributed by atoms with Crippen molar-refractivity contribution in [1.82, 2.24) is 103 Å². The second kappa shape index (κ2) is 56.0. The summed E-state index contributed by atoms with van der Waals surface area (Å²) in [5.74, 6) is 3.44. The number of para-hydroxylation sites is 5. The van der Waals surface area contributed by atoms with Crippen LogP contribution in [0.2, 0.25) is 15.3 Å². The van der Waals surface area contributed by atoms with E-state index in [1.807, 2.05) is 55.5 Å². The van der Waals surface area contributed by atoms with E-state index in [9.17, 15) is 30.3 Å². The number of anilines is 7. The van der Waals surface area contributed by atoms with Crippen molar-refractivity contribution in [3.05, 3.63) is 173 Å². The highest BCUT2D eigenvalue weighted by Gasteiger charge is 2.34. The number of rotatable bonds is 26. The molecule has 9 saturated heterocycles. The molecule has 0 unspecified atom stereocenters. The van der Waals surface area contributed by atoms with Gasteiger partial charge in [-0.1, -0.05) is 132 Å². The van der Waals surface area contributed by atoms with Gasteiger partial charge < -0.3 is 95.5 Å². The van der Waals surface area contributed by atoms with E-state index in [1.54, 1.807) is 30.3 Å². The molecule has 7 N–H and O–H groups in total. The number of halogens is 3. The van der Waals surface area contributed by atoms with Crippen LogP contribution < -0.4 is 42.1 Å². The molecule has 6 aromatic heterocycles. The Morgan fingerprint density at radius 3 is 1.03 bits per heavy atom. The first kappa shape index (κ1) is 112. The molecule has 11 aromatic rings. The SMILES string of the molecule is CCOCc1nc2c(N3CCN(C)CC3)nc3ccccc3c2n1CCN1CCN(C)CC1.CN1CCCCC1.CN1CCN(CCN)CC1.CN1CCN(CCNc2c(N)c(N3CCN(C)CC3)nc3ccccc23)CC1.CN1CCN(CCNc2c([N+](=O)[O-])c(Cl)nc3ccccc23)CC1.CN1CCN(CCNc2c([N+](=O)[O-])c(N3CCN(C)CC3)nc3ccccc23)CC1.O=[N+]([O-])c1c(Cl)nc2ccccc2c1Cl. The highest BCUT2D eigenvalue weighted by molar-refractivity contribution is 6.41. The van der Waals surface area contributed by atoms with Gasteiger partial charge in [-0.05, 0) is 127 Å². The number of piperazine rings is 8. The summed E-state index contributed by atoms with van der Waals surface area (Å²) in [6, 6.07) is 38.7. The number of likely N-dealkylation sites (N-methyl/N-ethyl adjacent to an activating group) is 8. The minimum Gasteiger partial charge on any atom is -0.394 e. The smallest absolute Gasteiger partial charge is 0.335 e. The monoisotopic (exact) mass is 2080 g/mol. The van der Waals surface area contributed by atoms with E-state index in [0.717, 1.165) is 297 Å². The molecule has 0 radical (unpaired) electrons. The second-order valence-electron chi connectivity index (χ2n) is 39.9. The number of hydrogen-bond donors (Lipinski definition) is 5. The first-order valence-corrected chi connectivity index (χ1v) is 53.5. The van der Waals surface area contributed by atoms with E-state index >= 15 is 0 Å². The summed E-state index contributed by atoms with van der Waals surface area (Å²) >= 11 is 17.6. The predicted octanol–water partition coefficient (Wildman–Crippen LogP) is 11.1. The molecule has 0 saturated carbocycles. The second-order valence-corrected chi connectivity index (χ2v) is 41.0. The van der Waals surface area contributed by atoms with Crippen LogP contribution in [0.4, 0.5) is 57.3 Å². The van der Waals surface area contributed by atoms with Crippen LogP contribution >= 0.6 is 34.8 Å². The number of fused-ring (bicyclic) bond motifs is 7. The van der Waals surface area contributed by atoms with Crippen molar-refractivity contribution in [3.63, 3.8) is 0 Å². The average molecular weight is 2080 g/mol. The Morgan fingerprint density at radius 2 is 0.639 bits per heavy atom. The predicted molar refractivity (Wildman–Crippen MR) is 601 cm³/mol. The third-order valence-corrected chi connectivity index (χ3v) is 30.1. The summed E-state index contributed by atoms with van der Waals surface area (Å²) in [5.41, 5.74) is 20.8. The molecule has 5 aromatic carbocycles. The van der Waals surface area contributed by atoms with E-state index in [0.29, 0.717) is 65.3 Å². The fourth-order valence-electron chi connectivity index (χ4n) is 19.7. The average Bonchev–Trinajstić information content (AvgIpc) is 1.61. The number of benzene rings is 5. The van der Waals surface area contributed by atoms with Gasteiger partial charge in [0.1, 0.15) is 34.3 Å². The lowest BCUT2D eigenvalue weighted by Crippen LogP contribution is -2.46. The minimum absolute atomic E-state index is 0.0237. The quantitative estimate of drug-likeness (QED) is 0.0191. The summed E-state index contributed by atoms with van der Waals surface area (Å²) in [7, 11) is 19.4. The van der Waals surface area contributed by atoms with Gasteiger partial charge in [0.05, 0.1) is 59.2 Å². The van der Waals surface area contributed by atoms with E-state index < -0.39 is 9.85 Å². The topological polar surface area (TPSA) is 364 Å². The fraction of sp³-hybridized carbons (Fsp3) is 0.562. The normalized spacial score (nSPS) is 18.6. The first-order chi connectivity index (χ1) is 71.2. The van der Waals surface area contributed by atoms with Crippen LogP contribution in [-0.2, 0) is 17.9 Å². The number of nitrogen functional groups attached to an aromatic ring is 1. The van der Waals surface area contributed by atoms with Gasteiger partial charge in [0.25, 0.3) is 0 Å². The van der Waals surface area contributed by atoms with Crippen molar-refractivity contribution in [2.75, 3.05) is 388 Å². The van der Waals surface area contributed by atoms with Crippen LogP contribution in [0.25, 0.3) is 65.5 Å². The number of piperidine rings is 1. The van der Waals surface area contributed by atoms with Crippen LogP contribution in [0.15, 0.2) is 121 Å². The lowest BCUT2D eigenvalue weighted by atomic mass is 10.1. The molecule has 0 atom stereocenters. The molecule has 147 heavy (non-hydrogen) atoms. The highest BCUT2D eigenvalue weighted by Crippen LogP contribution is 2.43. The third kappa shape index (κ3) is 31.2. The Kier molecular flexibility index (Phi) is 42.7. The Bertz CT molecular complexity index is 6050. The molecule has 15 heterocycles. The van der Waals surface area contributed by atoms with E-state index in [4.69, 9.17) is 70.9 Å². The first-order valence-electron chi connectivity index (χ1n) is 52.3. The molecule has 798 valence electrons. The summed E-state index contributed by atoms with van der Waals surface area (Å²) < 4.78 is 8.27. The molecule has 20 rings (SSSR count). The van der Waals surface area contributed by atoms with Crippen LogP contribution in [0, 0.1) is 30.3 Å². The maximum absolute atomic E-state index is 12.2. The Morgan fingerprint density at radius 1 is 0.333 bits per heavy atom. The van der Waals surface area contributed by atoms with E-state index in [1.165, 1.54) is 69.4 Å². The van der Waals surface area contributed by atoms with E-state index in [2.05, 4.69) is 220 Å². The molecule has 0 spiro atoms. The van der Waals surface area contributed by atoms with Crippen molar-refractivity contribution >= 4 is 158 Å². The number of imidazole rings is 1. The van der Waals surface area contributed by atoms with Crippen LogP contribution in [0.1, 0.15) is 32.0 Å². The molecular formula is C105H155Cl3N32O7. The number of nitrogens with two attached hydrogens (primary N) is 2. The zero-order valence-electron chi connectivity index (χ0n) is 87.9. The number of ether oxygens (including phenoxy) is 1. The number of nitrogens with zero attached hydrogens (tertiary/aromatic N) is 27. The van der Waals surface area contributed by atoms with E-state index in [-0.39, 0.29) is 37.3 Å². The summed E-state index contributed by atoms with van der Waals surface area (Å²) in [5, 5.41) is 48.6. The highest BCUT2D eigenvalue weighted by atomic mass is 35.5. The molecule has 0 bridgehead atoms. The van der Waals surface area contributed by atoms with Crippen molar-refractivity contribution < 1.29 is 19.5 Å². The number of nitro groups is 3. The summed E-state index contributed by atoms with van der Waals surface area (Å²) in [6.45, 7) is 48.1. The zero-order valence-corrected chi connectivity index (χ0v) is 90.2. The van der Waals surface area contributed by atoms with Gasteiger partial charge >= 0.3 is 17.1 Å². The van der Waals surface area contributed by atoms with Gasteiger partial charge in [0, 0.05) is 308 Å². The molecule has 9 fully saturated rings. The van der Waals surface area contributed by atoms with Crippen LogP contribution in [-0.4, -0.2) is 469 Å². The zero-order chi connectivity index (χ0) is 104. The molecule has 0 amide bonds. The van der Waals surface area contributed by atoms with Gasteiger partial charge in [-0.3, -0.25) is 54.8 Å². The fourth-order valence-corrected chi connectivity index (χ4v) is 20.6. The van der Waals surface area contributed by atoms with Crippen molar-refractivity contribution in [1.29, 1.82) is 0 Å². The van der Waals surface area contributed by atoms with Crippen LogP contribution in [0.5, 0.6) is 0 Å². The molecule has 0 aliphatic carbocycles. The number of pyridine rings is 5. The standard InChI is InChI=1S/C25H37N7O.C21H31N7O2.C21H33N7.C16H20ClN5O2.C9H4Cl2N2O2.C7H17N3.C6H13N/c1-4-33-19-22-27-23-24(32(22)18-15-30-13-9-28(2)10-14-30)20-7-5-6-8-21(20)26-25(23)31-16-11-29(3)12-17-31;1-24-9-13-26(14-10-24)8-7-22-19-17-5-3-4-6-18(17)23-21(20(19)28(29)30)27-15-11-25(2)12-16-27;1-25-9-13-27(14-10-25)8-7-23-20-17-5-3-4-6-18(17)24-21(19(20)22)28-15-11-26(2)12-16-28;1-20-8-10-21(11-9-20)7-6-18-14-12-4-2-3-5-13(12)19-16(17)15(14)22(23)24;10-7-5-3-1-2-4-6(5)12-9(11)8(7)13(14)15;1-9-4-6-10(3-2-8)7-5-9;1-7-5-3-2-4-6-7/h5-8H,4,9-19H2,1-3H3;3-6H,7-16H2,1-2H3,(H,22,23);3-6H,7-16,22H2,1-2H3,(H,23,24);2-5H,6-11H2,1H3,(H,18,19);1-4H;2-8H2,1H3;2-6H2,1H3. The maximum Gasteiger partial charge on any atom is 0.335 e. The Labute approximate surface area is 880 Å². The summed E-state index contributed by atoms with van der Waals surface area (Å²) in [6.07, 6.45) is 4.28. The lowest BCUT2D eigenvalue weighted by molar-refractivity contribution is -0.384. The molecule has 9 aliphatic rings. The van der Waals surface area contributed by atoms with Gasteiger partial charge in [0.2, 0.25) is 16.1 Å². The van der Waals surface area contributed by atoms with Crippen LogP contribution in [0.3, 0.4) is 0 Å². The summed E-state index contributed by atoms with van der Waals surface area (Å²) in [4.78, 5) is 101.